The number of carbonyl (C=O) groups excluding carboxylic acids is 2. The summed E-state index contributed by atoms with van der Waals surface area (Å²) < 4.78 is 1.99. The van der Waals surface area contributed by atoms with Crippen LogP contribution in [0.2, 0.25) is 0 Å². The van der Waals surface area contributed by atoms with Crippen LogP contribution in [-0.4, -0.2) is 21.4 Å². The summed E-state index contributed by atoms with van der Waals surface area (Å²) in [4.78, 5) is 31.7. The van der Waals surface area contributed by atoms with Crippen molar-refractivity contribution >= 4 is 28.4 Å². The van der Waals surface area contributed by atoms with Crippen LogP contribution < -0.4 is 4.90 Å². The van der Waals surface area contributed by atoms with Gasteiger partial charge in [-0.05, 0) is 36.4 Å². The minimum Gasteiger partial charge on any atom is -0.297 e. The van der Waals surface area contributed by atoms with Gasteiger partial charge in [-0.15, -0.1) is 0 Å². The zero-order chi connectivity index (χ0) is 19.1. The van der Waals surface area contributed by atoms with Crippen molar-refractivity contribution in [2.24, 2.45) is 0 Å². The van der Waals surface area contributed by atoms with E-state index < -0.39 is 5.92 Å². The standard InChI is InChI=1S/C23H17N3O2/c27-22-15-18(23(28)25(22)17-9-2-1-3-10-17)20-14-16-8-4-5-11-19(16)26(20)21-12-6-7-13-24-21/h1-14,18H,15H2. The van der Waals surface area contributed by atoms with Gasteiger partial charge in [0, 0.05) is 23.7 Å². The predicted octanol–water partition coefficient (Wildman–Crippen LogP) is 4.07. The number of rotatable bonds is 3. The van der Waals surface area contributed by atoms with Gasteiger partial charge in [-0.1, -0.05) is 42.5 Å². The molecule has 1 saturated heterocycles. The molecule has 0 radical (unpaired) electrons. The Kier molecular flexibility index (Phi) is 3.79. The van der Waals surface area contributed by atoms with Crippen LogP contribution in [0.4, 0.5) is 5.69 Å². The third-order valence-corrected chi connectivity index (χ3v) is 5.14. The predicted molar refractivity (Wildman–Crippen MR) is 107 cm³/mol. The van der Waals surface area contributed by atoms with Crippen LogP contribution in [0, 0.1) is 0 Å². The highest BCUT2D eigenvalue weighted by Gasteiger charge is 2.42. The molecule has 2 amide bonds. The molecule has 5 heteroatoms. The molecule has 0 aliphatic carbocycles. The van der Waals surface area contributed by atoms with Crippen molar-refractivity contribution in [2.45, 2.75) is 12.3 Å². The Bertz CT molecular complexity index is 1180. The van der Waals surface area contributed by atoms with E-state index in [0.717, 1.165) is 22.4 Å². The van der Waals surface area contributed by atoms with E-state index in [2.05, 4.69) is 4.98 Å². The lowest BCUT2D eigenvalue weighted by atomic mass is 10.0. The SMILES string of the molecule is O=C1CC(c2cc3ccccc3n2-c2ccccn2)C(=O)N1c1ccccc1. The monoisotopic (exact) mass is 367 g/mol. The minimum atomic E-state index is -0.540. The first-order valence-electron chi connectivity index (χ1n) is 9.17. The molecule has 1 atom stereocenters. The number of para-hydroxylation sites is 2. The maximum absolute atomic E-state index is 13.2. The minimum absolute atomic E-state index is 0.150. The number of fused-ring (bicyclic) bond motifs is 1. The number of anilines is 1. The van der Waals surface area contributed by atoms with Crippen LogP contribution in [0.25, 0.3) is 16.7 Å². The second kappa shape index (κ2) is 6.46. The molecule has 0 saturated carbocycles. The van der Waals surface area contributed by atoms with Crippen LogP contribution in [0.1, 0.15) is 18.0 Å². The summed E-state index contributed by atoms with van der Waals surface area (Å²) in [5.41, 5.74) is 2.37. The van der Waals surface area contributed by atoms with Crippen molar-refractivity contribution in [2.75, 3.05) is 4.90 Å². The highest BCUT2D eigenvalue weighted by Crippen LogP contribution is 2.37. The lowest BCUT2D eigenvalue weighted by molar-refractivity contribution is -0.121. The molecular formula is C23H17N3O2. The first-order valence-corrected chi connectivity index (χ1v) is 9.17. The van der Waals surface area contributed by atoms with Gasteiger partial charge in [-0.3, -0.25) is 14.2 Å². The molecule has 1 unspecified atom stereocenters. The van der Waals surface area contributed by atoms with E-state index in [9.17, 15) is 9.59 Å². The number of imide groups is 1. The molecule has 1 aliphatic rings. The number of pyridine rings is 1. The van der Waals surface area contributed by atoms with Crippen LogP contribution in [0.5, 0.6) is 0 Å². The Hall–Kier alpha value is -3.73. The van der Waals surface area contributed by atoms with Gasteiger partial charge >= 0.3 is 0 Å². The number of amides is 2. The lowest BCUT2D eigenvalue weighted by Gasteiger charge is -2.16. The van der Waals surface area contributed by atoms with E-state index in [4.69, 9.17) is 0 Å². The average molecular weight is 367 g/mol. The molecule has 2 aromatic heterocycles. The van der Waals surface area contributed by atoms with Crippen molar-refractivity contribution in [3.63, 3.8) is 0 Å². The third-order valence-electron chi connectivity index (χ3n) is 5.14. The first kappa shape index (κ1) is 16.4. The van der Waals surface area contributed by atoms with E-state index in [1.807, 2.05) is 71.3 Å². The molecule has 0 spiro atoms. The highest BCUT2D eigenvalue weighted by molar-refractivity contribution is 6.22. The summed E-state index contributed by atoms with van der Waals surface area (Å²) >= 11 is 0. The number of carbonyl (C=O) groups is 2. The van der Waals surface area contributed by atoms with Gasteiger partial charge in [0.15, 0.2) is 0 Å². The Labute approximate surface area is 161 Å². The normalized spacial score (nSPS) is 16.9. The lowest BCUT2D eigenvalue weighted by Crippen LogP contribution is -2.30. The summed E-state index contributed by atoms with van der Waals surface area (Å²) in [6.45, 7) is 0. The van der Waals surface area contributed by atoms with E-state index in [0.29, 0.717) is 5.69 Å². The number of hydrogen-bond acceptors (Lipinski definition) is 3. The number of aromatic nitrogens is 2. The smallest absolute Gasteiger partial charge is 0.243 e. The average Bonchev–Trinajstić information content (AvgIpc) is 3.26. The van der Waals surface area contributed by atoms with Gasteiger partial charge in [0.25, 0.3) is 0 Å². The molecule has 1 fully saturated rings. The number of benzene rings is 2. The van der Waals surface area contributed by atoms with Gasteiger partial charge in [0.2, 0.25) is 11.8 Å². The van der Waals surface area contributed by atoms with Crippen molar-refractivity contribution in [3.05, 3.63) is 90.8 Å². The fourth-order valence-corrected chi connectivity index (χ4v) is 3.89. The van der Waals surface area contributed by atoms with Crippen LogP contribution in [0.15, 0.2) is 85.1 Å². The molecule has 0 N–H and O–H groups in total. The fraction of sp³-hybridized carbons (Fsp3) is 0.0870. The topological polar surface area (TPSA) is 55.2 Å². The molecule has 3 heterocycles. The van der Waals surface area contributed by atoms with Crippen molar-refractivity contribution in [1.82, 2.24) is 9.55 Å². The molecule has 136 valence electrons. The van der Waals surface area contributed by atoms with E-state index in [-0.39, 0.29) is 18.2 Å². The summed E-state index contributed by atoms with van der Waals surface area (Å²) in [6, 6.07) is 24.7. The highest BCUT2D eigenvalue weighted by atomic mass is 16.2. The first-order chi connectivity index (χ1) is 13.7. The third kappa shape index (κ3) is 2.52. The summed E-state index contributed by atoms with van der Waals surface area (Å²) in [5.74, 6) is -0.186. The second-order valence-corrected chi connectivity index (χ2v) is 6.81. The van der Waals surface area contributed by atoms with E-state index in [1.54, 1.807) is 18.3 Å². The van der Waals surface area contributed by atoms with Crippen LogP contribution >= 0.6 is 0 Å². The maximum atomic E-state index is 13.2. The largest absolute Gasteiger partial charge is 0.297 e. The van der Waals surface area contributed by atoms with Gasteiger partial charge in [-0.25, -0.2) is 9.88 Å². The number of nitrogens with zero attached hydrogens (tertiary/aromatic N) is 3. The van der Waals surface area contributed by atoms with Gasteiger partial charge in [0.1, 0.15) is 5.82 Å². The summed E-state index contributed by atoms with van der Waals surface area (Å²) in [6.07, 6.45) is 1.88. The van der Waals surface area contributed by atoms with Crippen LogP contribution in [-0.2, 0) is 9.59 Å². The Morgan fingerprint density at radius 1 is 0.857 bits per heavy atom. The molecule has 1 aliphatic heterocycles. The zero-order valence-electron chi connectivity index (χ0n) is 15.0. The van der Waals surface area contributed by atoms with E-state index in [1.165, 1.54) is 4.90 Å². The van der Waals surface area contributed by atoms with Gasteiger partial charge in [0.05, 0.1) is 17.1 Å². The fourth-order valence-electron chi connectivity index (χ4n) is 3.89. The van der Waals surface area contributed by atoms with Crippen molar-refractivity contribution in [1.29, 1.82) is 0 Å². The molecule has 28 heavy (non-hydrogen) atoms. The van der Waals surface area contributed by atoms with Crippen molar-refractivity contribution < 1.29 is 9.59 Å². The molecule has 2 aromatic carbocycles. The maximum Gasteiger partial charge on any atom is 0.243 e. The molecule has 5 nitrogen and oxygen atoms in total. The van der Waals surface area contributed by atoms with Gasteiger partial charge < -0.3 is 0 Å². The second-order valence-electron chi connectivity index (χ2n) is 6.81. The quantitative estimate of drug-likeness (QED) is 0.513. The van der Waals surface area contributed by atoms with E-state index >= 15 is 0 Å². The molecule has 4 aromatic rings. The molecule has 5 rings (SSSR count). The Morgan fingerprint density at radius 3 is 2.39 bits per heavy atom. The number of hydrogen-bond donors (Lipinski definition) is 0. The van der Waals surface area contributed by atoms with Crippen molar-refractivity contribution in [3.8, 4) is 5.82 Å². The molecule has 0 bridgehead atoms. The van der Waals surface area contributed by atoms with Crippen LogP contribution in [0.3, 0.4) is 0 Å². The molecular weight excluding hydrogens is 350 g/mol. The van der Waals surface area contributed by atoms with Gasteiger partial charge in [-0.2, -0.15) is 0 Å². The Balaban J connectivity index is 1.66. The summed E-state index contributed by atoms with van der Waals surface area (Å²) in [5, 5.41) is 1.02. The zero-order valence-corrected chi connectivity index (χ0v) is 15.0. The Morgan fingerprint density at radius 2 is 1.61 bits per heavy atom. The summed E-state index contributed by atoms with van der Waals surface area (Å²) in [7, 11) is 0.